The van der Waals surface area contributed by atoms with Gasteiger partial charge < -0.3 is 14.0 Å². The molecule has 0 N–H and O–H groups in total. The van der Waals surface area contributed by atoms with Crippen molar-refractivity contribution in [1.82, 2.24) is 4.98 Å². The van der Waals surface area contributed by atoms with Crippen molar-refractivity contribution in [3.63, 3.8) is 0 Å². The largest absolute Gasteiger partial charge is 0.499 e. The fourth-order valence-electron chi connectivity index (χ4n) is 2.60. The summed E-state index contributed by atoms with van der Waals surface area (Å²) in [5.41, 5.74) is 0.00923. The average molecular weight is 293 g/mol. The molecule has 0 radical (unpaired) electrons. The topological polar surface area (TPSA) is 40.6 Å². The average Bonchev–Trinajstić information content (AvgIpc) is 2.96. The number of ether oxygens (including phenoxy) is 1. The van der Waals surface area contributed by atoms with E-state index in [1.165, 1.54) is 0 Å². The highest BCUT2D eigenvalue weighted by atomic mass is 19.1. The quantitative estimate of drug-likeness (QED) is 0.620. The van der Waals surface area contributed by atoms with Gasteiger partial charge in [-0.25, -0.2) is 4.98 Å². The van der Waals surface area contributed by atoms with Gasteiger partial charge in [0, 0.05) is 12.1 Å². The van der Waals surface area contributed by atoms with Crippen molar-refractivity contribution < 1.29 is 18.4 Å². The Morgan fingerprint density at radius 3 is 2.38 bits per heavy atom. The van der Waals surface area contributed by atoms with Crippen LogP contribution in [0.5, 0.6) is 0 Å². The van der Waals surface area contributed by atoms with E-state index in [4.69, 9.17) is 14.0 Å². The third-order valence-electron chi connectivity index (χ3n) is 4.67. The lowest BCUT2D eigenvalue weighted by molar-refractivity contribution is 0.00578. The van der Waals surface area contributed by atoms with Gasteiger partial charge >= 0.3 is 7.12 Å². The fraction of sp³-hybridized carbons (Fsp3) is 0.667. The highest BCUT2D eigenvalue weighted by Crippen LogP contribution is 2.36. The third-order valence-corrected chi connectivity index (χ3v) is 4.67. The van der Waals surface area contributed by atoms with E-state index in [0.717, 1.165) is 12.8 Å². The van der Waals surface area contributed by atoms with Gasteiger partial charge in [-0.2, -0.15) is 4.39 Å². The first-order chi connectivity index (χ1) is 9.80. The minimum Gasteiger partial charge on any atom is -0.399 e. The van der Waals surface area contributed by atoms with Crippen LogP contribution in [0.4, 0.5) is 4.39 Å². The number of hydrogen-bond acceptors (Lipinski definition) is 4. The van der Waals surface area contributed by atoms with E-state index >= 15 is 0 Å². The normalized spacial score (nSPS) is 27.3. The molecule has 0 bridgehead atoms. The number of nitrogens with zero attached hydrogens (tertiary/aromatic N) is 1. The summed E-state index contributed by atoms with van der Waals surface area (Å²) in [7, 11) is -0.721. The lowest BCUT2D eigenvalue weighted by Crippen LogP contribution is -2.41. The molecule has 1 unspecified atom stereocenters. The molecule has 3 heterocycles. The number of rotatable bonds is 2. The van der Waals surface area contributed by atoms with Gasteiger partial charge in [0.1, 0.15) is 0 Å². The SMILES string of the molecule is CC1(C)OB(c2ccc(C3CCCO3)nc2F)OC1(C)C. The second-order valence-electron chi connectivity index (χ2n) is 6.71. The summed E-state index contributed by atoms with van der Waals surface area (Å²) in [6.07, 6.45) is 1.79. The first-order valence-electron chi connectivity index (χ1n) is 7.44. The molecule has 0 amide bonds. The lowest BCUT2D eigenvalue weighted by Gasteiger charge is -2.32. The number of pyridine rings is 1. The summed E-state index contributed by atoms with van der Waals surface area (Å²) in [5.74, 6) is -0.540. The zero-order valence-electron chi connectivity index (χ0n) is 13.0. The Balaban J connectivity index is 1.84. The minimum absolute atomic E-state index is 0.0909. The van der Waals surface area contributed by atoms with Gasteiger partial charge in [0.05, 0.1) is 23.0 Å². The maximum Gasteiger partial charge on any atom is 0.499 e. The summed E-state index contributed by atoms with van der Waals surface area (Å²) >= 11 is 0. The van der Waals surface area contributed by atoms with Gasteiger partial charge in [-0.1, -0.05) is 6.07 Å². The van der Waals surface area contributed by atoms with Crippen molar-refractivity contribution in [2.75, 3.05) is 6.61 Å². The van der Waals surface area contributed by atoms with Crippen LogP contribution in [0.1, 0.15) is 52.3 Å². The zero-order valence-corrected chi connectivity index (χ0v) is 13.0. The molecular formula is C15H21BFNO3. The monoisotopic (exact) mass is 293 g/mol. The Bertz CT molecular complexity index is 528. The van der Waals surface area contributed by atoms with Crippen molar-refractivity contribution in [2.24, 2.45) is 0 Å². The first-order valence-corrected chi connectivity index (χ1v) is 7.44. The molecule has 0 saturated carbocycles. The van der Waals surface area contributed by atoms with E-state index in [-0.39, 0.29) is 6.10 Å². The highest BCUT2D eigenvalue weighted by molar-refractivity contribution is 6.62. The van der Waals surface area contributed by atoms with Gasteiger partial charge in [0.15, 0.2) is 0 Å². The van der Waals surface area contributed by atoms with Crippen LogP contribution in [0.25, 0.3) is 0 Å². The number of hydrogen-bond donors (Lipinski definition) is 0. The first kappa shape index (κ1) is 14.9. The molecule has 114 valence electrons. The maximum atomic E-state index is 14.3. The van der Waals surface area contributed by atoms with E-state index < -0.39 is 24.3 Å². The second kappa shape index (κ2) is 5.04. The van der Waals surface area contributed by atoms with E-state index in [1.54, 1.807) is 12.1 Å². The standard InChI is InChI=1S/C15H21BFNO3/c1-14(2)15(3,4)21-16(20-14)10-7-8-11(18-13(10)17)12-6-5-9-19-12/h7-8,12H,5-6,9H2,1-4H3. The molecule has 2 fully saturated rings. The predicted octanol–water partition coefficient (Wildman–Crippen LogP) is 2.37. The second-order valence-corrected chi connectivity index (χ2v) is 6.71. The van der Waals surface area contributed by atoms with Gasteiger partial charge in [-0.3, -0.25) is 0 Å². The fourth-order valence-corrected chi connectivity index (χ4v) is 2.60. The Kier molecular flexibility index (Phi) is 3.58. The van der Waals surface area contributed by atoms with Crippen molar-refractivity contribution >= 4 is 12.6 Å². The van der Waals surface area contributed by atoms with Gasteiger partial charge in [0.25, 0.3) is 0 Å². The molecule has 2 aliphatic rings. The molecule has 1 aromatic heterocycles. The molecule has 6 heteroatoms. The Hall–Kier alpha value is -0.975. The molecule has 0 aliphatic carbocycles. The third kappa shape index (κ3) is 2.60. The Labute approximate surface area is 125 Å². The van der Waals surface area contributed by atoms with E-state index in [9.17, 15) is 4.39 Å². The van der Waals surface area contributed by atoms with Crippen molar-refractivity contribution in [3.05, 3.63) is 23.8 Å². The van der Waals surface area contributed by atoms with Crippen molar-refractivity contribution in [3.8, 4) is 0 Å². The molecule has 0 aromatic carbocycles. The summed E-state index contributed by atoms with van der Waals surface area (Å²) < 4.78 is 31.6. The van der Waals surface area contributed by atoms with E-state index in [1.807, 2.05) is 27.7 Å². The van der Waals surface area contributed by atoms with Crippen LogP contribution in [0.3, 0.4) is 0 Å². The molecule has 21 heavy (non-hydrogen) atoms. The van der Waals surface area contributed by atoms with Crippen molar-refractivity contribution in [1.29, 1.82) is 0 Å². The predicted molar refractivity (Wildman–Crippen MR) is 77.8 cm³/mol. The van der Waals surface area contributed by atoms with E-state index in [2.05, 4.69) is 4.98 Å². The molecule has 1 aromatic rings. The van der Waals surface area contributed by atoms with Crippen LogP contribution in [0.15, 0.2) is 12.1 Å². The molecule has 4 nitrogen and oxygen atoms in total. The molecule has 3 rings (SSSR count). The van der Waals surface area contributed by atoms with E-state index in [0.29, 0.717) is 17.8 Å². The Morgan fingerprint density at radius 1 is 1.19 bits per heavy atom. The molecule has 2 aliphatic heterocycles. The van der Waals surface area contributed by atoms with Crippen LogP contribution >= 0.6 is 0 Å². The highest BCUT2D eigenvalue weighted by Gasteiger charge is 2.52. The van der Waals surface area contributed by atoms with Crippen LogP contribution in [0, 0.1) is 5.95 Å². The maximum absolute atomic E-state index is 14.3. The van der Waals surface area contributed by atoms with Crippen LogP contribution in [-0.2, 0) is 14.0 Å². The van der Waals surface area contributed by atoms with Gasteiger partial charge in [-0.05, 0) is 46.6 Å². The molecule has 2 saturated heterocycles. The smallest absolute Gasteiger partial charge is 0.399 e. The molecule has 0 spiro atoms. The van der Waals surface area contributed by atoms with Crippen LogP contribution in [-0.4, -0.2) is 29.9 Å². The number of aromatic nitrogens is 1. The zero-order chi connectivity index (χ0) is 15.3. The summed E-state index contributed by atoms with van der Waals surface area (Å²) in [6, 6.07) is 3.50. The van der Waals surface area contributed by atoms with Crippen LogP contribution < -0.4 is 5.46 Å². The van der Waals surface area contributed by atoms with Crippen LogP contribution in [0.2, 0.25) is 0 Å². The van der Waals surface area contributed by atoms with Gasteiger partial charge in [-0.15, -0.1) is 0 Å². The summed E-state index contributed by atoms with van der Waals surface area (Å²) in [6.45, 7) is 8.49. The molecular weight excluding hydrogens is 272 g/mol. The minimum atomic E-state index is -0.721. The Morgan fingerprint density at radius 2 is 1.86 bits per heavy atom. The summed E-state index contributed by atoms with van der Waals surface area (Å²) in [4.78, 5) is 4.04. The van der Waals surface area contributed by atoms with Gasteiger partial charge in [0.2, 0.25) is 5.95 Å². The van der Waals surface area contributed by atoms with Crippen molar-refractivity contribution in [2.45, 2.75) is 57.8 Å². The molecule has 1 atom stereocenters. The summed E-state index contributed by atoms with van der Waals surface area (Å²) in [5, 5.41) is 0. The lowest BCUT2D eigenvalue weighted by atomic mass is 9.80. The number of halogens is 1.